The lowest BCUT2D eigenvalue weighted by atomic mass is 10.0. The van der Waals surface area contributed by atoms with Gasteiger partial charge in [-0.1, -0.05) is 0 Å². The molecule has 0 aliphatic rings. The van der Waals surface area contributed by atoms with Crippen LogP contribution in [0.4, 0.5) is 17.6 Å². The largest absolute Gasteiger partial charge is 0.327 e. The fourth-order valence-electron chi connectivity index (χ4n) is 1.28. The van der Waals surface area contributed by atoms with Gasteiger partial charge in [0.25, 0.3) is 0 Å². The Morgan fingerprint density at radius 1 is 1.44 bits per heavy atom. The lowest BCUT2D eigenvalue weighted by Gasteiger charge is -2.23. The van der Waals surface area contributed by atoms with Crippen LogP contribution < -0.4 is 5.73 Å². The van der Waals surface area contributed by atoms with Crippen molar-refractivity contribution in [3.8, 4) is 0 Å². The summed E-state index contributed by atoms with van der Waals surface area (Å²) in [6.07, 6.45) is -1.34. The Hall–Kier alpha value is -1.11. The second-order valence-corrected chi connectivity index (χ2v) is 4.19. The molecule has 0 saturated carbocycles. The van der Waals surface area contributed by atoms with Crippen molar-refractivity contribution in [2.24, 2.45) is 5.73 Å². The Bertz CT molecular complexity index is 354. The van der Waals surface area contributed by atoms with E-state index in [4.69, 9.17) is 5.73 Å². The smallest absolute Gasteiger partial charge is 0.324 e. The summed E-state index contributed by atoms with van der Waals surface area (Å²) in [5.41, 5.74) is 5.08. The second-order valence-electron chi connectivity index (χ2n) is 4.19. The van der Waals surface area contributed by atoms with E-state index in [0.29, 0.717) is 0 Å². The van der Waals surface area contributed by atoms with Crippen LogP contribution in [-0.2, 0) is 12.1 Å². The Balaban J connectivity index is 2.95. The highest BCUT2D eigenvalue weighted by Crippen LogP contribution is 2.27. The summed E-state index contributed by atoms with van der Waals surface area (Å²) in [5, 5.41) is 0. The third-order valence-electron chi connectivity index (χ3n) is 2.07. The Kier molecular flexibility index (Phi) is 3.27. The molecule has 0 bridgehead atoms. The molecule has 3 nitrogen and oxygen atoms in total. The van der Waals surface area contributed by atoms with Crippen LogP contribution in [0.3, 0.4) is 0 Å². The van der Waals surface area contributed by atoms with Gasteiger partial charge in [0, 0.05) is 6.20 Å². The molecule has 0 spiro atoms. The molecule has 0 saturated heterocycles. The molecule has 1 aromatic rings. The van der Waals surface area contributed by atoms with Crippen LogP contribution in [-0.4, -0.2) is 21.9 Å². The molecular formula is C9H13F4N3. The molecule has 2 N–H and O–H groups in total. The fraction of sp³-hybridized carbons (Fsp3) is 0.667. The van der Waals surface area contributed by atoms with Gasteiger partial charge >= 0.3 is 12.3 Å². The molecule has 16 heavy (non-hydrogen) atoms. The van der Waals surface area contributed by atoms with Gasteiger partial charge in [0.15, 0.2) is 0 Å². The number of imidazole rings is 1. The molecule has 0 aliphatic carbocycles. The number of hydrogen-bond donors (Lipinski definition) is 1. The SMILES string of the molecule is CC(C)(N)c1cncn1CC(F)(F)C(F)F. The van der Waals surface area contributed by atoms with Gasteiger partial charge in [0.2, 0.25) is 0 Å². The van der Waals surface area contributed by atoms with E-state index in [2.05, 4.69) is 4.98 Å². The second kappa shape index (κ2) is 4.04. The monoisotopic (exact) mass is 239 g/mol. The molecule has 0 aliphatic heterocycles. The predicted molar refractivity (Wildman–Crippen MR) is 50.4 cm³/mol. The van der Waals surface area contributed by atoms with Crippen LogP contribution in [0.2, 0.25) is 0 Å². The van der Waals surface area contributed by atoms with Crippen molar-refractivity contribution in [2.75, 3.05) is 0 Å². The van der Waals surface area contributed by atoms with E-state index in [1.165, 1.54) is 6.20 Å². The van der Waals surface area contributed by atoms with Crippen LogP contribution >= 0.6 is 0 Å². The maximum absolute atomic E-state index is 12.8. The van der Waals surface area contributed by atoms with Crippen molar-refractivity contribution >= 4 is 0 Å². The Labute approximate surface area is 90.3 Å². The van der Waals surface area contributed by atoms with Gasteiger partial charge in [-0.25, -0.2) is 13.8 Å². The summed E-state index contributed by atoms with van der Waals surface area (Å²) >= 11 is 0. The lowest BCUT2D eigenvalue weighted by molar-refractivity contribution is -0.138. The molecule has 1 heterocycles. The Morgan fingerprint density at radius 3 is 2.44 bits per heavy atom. The molecule has 1 aromatic heterocycles. The number of rotatable bonds is 4. The van der Waals surface area contributed by atoms with Crippen molar-refractivity contribution in [2.45, 2.75) is 38.3 Å². The van der Waals surface area contributed by atoms with Crippen molar-refractivity contribution in [3.63, 3.8) is 0 Å². The van der Waals surface area contributed by atoms with E-state index in [1.54, 1.807) is 13.8 Å². The summed E-state index contributed by atoms with van der Waals surface area (Å²) in [6.45, 7) is 2.04. The third-order valence-corrected chi connectivity index (χ3v) is 2.07. The standard InChI is InChI=1S/C9H13F4N3/c1-8(2,14)6-3-15-5-16(6)4-9(12,13)7(10)11/h3,5,7H,4,14H2,1-2H3. The van der Waals surface area contributed by atoms with Gasteiger partial charge in [0.1, 0.15) is 0 Å². The number of alkyl halides is 4. The van der Waals surface area contributed by atoms with Gasteiger partial charge in [0.05, 0.1) is 24.1 Å². The summed E-state index contributed by atoms with van der Waals surface area (Å²) in [6, 6.07) is 0. The van der Waals surface area contributed by atoms with Gasteiger partial charge in [-0.05, 0) is 13.8 Å². The number of hydrogen-bond acceptors (Lipinski definition) is 2. The summed E-state index contributed by atoms with van der Waals surface area (Å²) < 4.78 is 50.7. The summed E-state index contributed by atoms with van der Waals surface area (Å²) in [5.74, 6) is -4.08. The number of aromatic nitrogens is 2. The third kappa shape index (κ3) is 2.72. The Morgan fingerprint density at radius 2 is 2.00 bits per heavy atom. The zero-order valence-electron chi connectivity index (χ0n) is 8.92. The average molecular weight is 239 g/mol. The van der Waals surface area contributed by atoms with Gasteiger partial charge in [-0.2, -0.15) is 8.78 Å². The zero-order valence-corrected chi connectivity index (χ0v) is 8.92. The topological polar surface area (TPSA) is 43.8 Å². The minimum Gasteiger partial charge on any atom is -0.327 e. The highest BCUT2D eigenvalue weighted by Gasteiger charge is 2.41. The number of nitrogens with zero attached hydrogens (tertiary/aromatic N) is 2. The summed E-state index contributed by atoms with van der Waals surface area (Å²) in [4.78, 5) is 3.64. The first-order chi connectivity index (χ1) is 7.14. The molecule has 0 unspecified atom stereocenters. The zero-order chi connectivity index (χ0) is 12.6. The first kappa shape index (κ1) is 13.0. The van der Waals surface area contributed by atoms with Crippen molar-refractivity contribution in [1.29, 1.82) is 0 Å². The molecule has 0 atom stereocenters. The van der Waals surface area contributed by atoms with Crippen molar-refractivity contribution < 1.29 is 17.6 Å². The van der Waals surface area contributed by atoms with Crippen molar-refractivity contribution in [1.82, 2.24) is 9.55 Å². The first-order valence-corrected chi connectivity index (χ1v) is 4.60. The minimum atomic E-state index is -4.08. The first-order valence-electron chi connectivity index (χ1n) is 4.60. The van der Waals surface area contributed by atoms with E-state index < -0.39 is 24.4 Å². The number of halogens is 4. The normalized spacial score (nSPS) is 13.5. The van der Waals surface area contributed by atoms with E-state index in [0.717, 1.165) is 10.9 Å². The molecule has 92 valence electrons. The highest BCUT2D eigenvalue weighted by atomic mass is 19.3. The van der Waals surface area contributed by atoms with Crippen LogP contribution in [0.1, 0.15) is 19.5 Å². The molecule has 1 rings (SSSR count). The molecule has 0 fully saturated rings. The van der Waals surface area contributed by atoms with Gasteiger partial charge in [-0.15, -0.1) is 0 Å². The van der Waals surface area contributed by atoms with Crippen LogP contribution in [0.15, 0.2) is 12.5 Å². The van der Waals surface area contributed by atoms with E-state index in [-0.39, 0.29) is 5.69 Å². The van der Waals surface area contributed by atoms with Gasteiger partial charge < -0.3 is 10.3 Å². The van der Waals surface area contributed by atoms with E-state index >= 15 is 0 Å². The quantitative estimate of drug-likeness (QED) is 0.816. The lowest BCUT2D eigenvalue weighted by Crippen LogP contribution is -2.37. The maximum Gasteiger partial charge on any atom is 0.324 e. The number of nitrogens with two attached hydrogens (primary N) is 1. The van der Waals surface area contributed by atoms with E-state index in [9.17, 15) is 17.6 Å². The van der Waals surface area contributed by atoms with Gasteiger partial charge in [-0.3, -0.25) is 0 Å². The molecule has 0 radical (unpaired) electrons. The maximum atomic E-state index is 12.8. The highest BCUT2D eigenvalue weighted by molar-refractivity contribution is 5.10. The summed E-state index contributed by atoms with van der Waals surface area (Å²) in [7, 11) is 0. The predicted octanol–water partition coefficient (Wildman–Crippen LogP) is 1.98. The molecule has 0 aromatic carbocycles. The van der Waals surface area contributed by atoms with Crippen LogP contribution in [0.5, 0.6) is 0 Å². The van der Waals surface area contributed by atoms with Crippen LogP contribution in [0, 0.1) is 0 Å². The van der Waals surface area contributed by atoms with Crippen molar-refractivity contribution in [3.05, 3.63) is 18.2 Å². The minimum absolute atomic E-state index is 0.285. The van der Waals surface area contributed by atoms with E-state index in [1.807, 2.05) is 0 Å². The van der Waals surface area contributed by atoms with Crippen LogP contribution in [0.25, 0.3) is 0 Å². The average Bonchev–Trinajstić information content (AvgIpc) is 2.49. The molecular weight excluding hydrogens is 226 g/mol. The fourth-order valence-corrected chi connectivity index (χ4v) is 1.28. The molecule has 7 heteroatoms. The molecule has 0 amide bonds.